The zero-order valence-electron chi connectivity index (χ0n) is 21.4. The van der Waals surface area contributed by atoms with Crippen molar-refractivity contribution < 1.29 is 45.8 Å². The lowest BCUT2D eigenvalue weighted by Gasteiger charge is -2.31. The van der Waals surface area contributed by atoms with Gasteiger partial charge >= 0.3 is 12.1 Å². The van der Waals surface area contributed by atoms with E-state index >= 15 is 0 Å². The highest BCUT2D eigenvalue weighted by Crippen LogP contribution is 2.30. The van der Waals surface area contributed by atoms with Gasteiger partial charge in [0.05, 0.1) is 29.5 Å². The predicted octanol–water partition coefficient (Wildman–Crippen LogP) is 2.31. The Bertz CT molecular complexity index is 1200. The maximum Gasteiger partial charge on any atom is 0.490 e. The monoisotopic (exact) mass is 576 g/mol. The van der Waals surface area contributed by atoms with Gasteiger partial charge in [-0.1, -0.05) is 0 Å². The molecule has 0 spiro atoms. The van der Waals surface area contributed by atoms with Gasteiger partial charge in [0.2, 0.25) is 0 Å². The Hall–Kier alpha value is -3.56. The van der Waals surface area contributed by atoms with Gasteiger partial charge in [0.15, 0.2) is 0 Å². The Kier molecular flexibility index (Phi) is 11.8. The molecular formula is C24H31F3N4O7S. The molecule has 1 aliphatic heterocycles. The van der Waals surface area contributed by atoms with Crippen LogP contribution in [0.25, 0.3) is 0 Å². The van der Waals surface area contributed by atoms with E-state index in [1.807, 2.05) is 6.92 Å². The highest BCUT2D eigenvalue weighted by Gasteiger charge is 2.38. The van der Waals surface area contributed by atoms with Crippen LogP contribution in [-0.4, -0.2) is 84.6 Å². The van der Waals surface area contributed by atoms with Gasteiger partial charge in [-0.15, -0.1) is 0 Å². The largest absolute Gasteiger partial charge is 0.494 e. The molecule has 0 radical (unpaired) electrons. The fourth-order valence-corrected chi connectivity index (χ4v) is 4.46. The van der Waals surface area contributed by atoms with Gasteiger partial charge in [-0.3, -0.25) is 9.52 Å². The number of nitrogens with zero attached hydrogens (tertiary/aromatic N) is 1. The van der Waals surface area contributed by atoms with Crippen molar-refractivity contribution in [3.63, 3.8) is 0 Å². The number of halogens is 3. The summed E-state index contributed by atoms with van der Waals surface area (Å²) in [5.74, 6) is -2.45. The lowest BCUT2D eigenvalue weighted by molar-refractivity contribution is -0.192. The molecule has 4 N–H and O–H groups in total. The van der Waals surface area contributed by atoms with Crippen molar-refractivity contribution in [1.29, 1.82) is 0 Å². The quantitative estimate of drug-likeness (QED) is 0.313. The van der Waals surface area contributed by atoms with Crippen LogP contribution < -0.4 is 25.0 Å². The summed E-state index contributed by atoms with van der Waals surface area (Å²) in [5, 5.41) is 13.2. The van der Waals surface area contributed by atoms with E-state index < -0.39 is 22.2 Å². The SMILES string of the molecule is CCOc1ccc(S(=O)(=O)Nc2cc(C(=O)NCCOC)ccc2N2CCNCC2)cc1.O=C(O)C(F)(F)F. The highest BCUT2D eigenvalue weighted by atomic mass is 32.2. The maximum absolute atomic E-state index is 13.1. The molecule has 15 heteroatoms. The minimum Gasteiger partial charge on any atom is -0.494 e. The number of nitrogens with one attached hydrogen (secondary N) is 3. The first-order valence-corrected chi connectivity index (χ1v) is 13.3. The molecule has 0 unspecified atom stereocenters. The van der Waals surface area contributed by atoms with E-state index in [9.17, 15) is 26.4 Å². The molecule has 0 atom stereocenters. The second-order valence-electron chi connectivity index (χ2n) is 8.03. The maximum atomic E-state index is 13.1. The summed E-state index contributed by atoms with van der Waals surface area (Å²) in [6, 6.07) is 11.3. The number of sulfonamides is 1. The van der Waals surface area contributed by atoms with Crippen molar-refractivity contribution in [2.75, 3.05) is 62.7 Å². The van der Waals surface area contributed by atoms with E-state index in [1.54, 1.807) is 37.4 Å². The molecule has 0 bridgehead atoms. The number of alkyl halides is 3. The van der Waals surface area contributed by atoms with Crippen molar-refractivity contribution >= 4 is 33.3 Å². The molecular weight excluding hydrogens is 545 g/mol. The molecule has 216 valence electrons. The number of hydrogen-bond acceptors (Lipinski definition) is 8. The summed E-state index contributed by atoms with van der Waals surface area (Å²) in [4.78, 5) is 23.6. The van der Waals surface area contributed by atoms with E-state index in [-0.39, 0.29) is 10.8 Å². The summed E-state index contributed by atoms with van der Waals surface area (Å²) in [6.45, 7) is 6.17. The van der Waals surface area contributed by atoms with Gasteiger partial charge in [0.1, 0.15) is 5.75 Å². The molecule has 1 amide bonds. The Morgan fingerprint density at radius 2 is 1.72 bits per heavy atom. The van der Waals surface area contributed by atoms with E-state index in [0.717, 1.165) is 31.9 Å². The lowest BCUT2D eigenvalue weighted by atomic mass is 10.1. The number of ether oxygens (including phenoxy) is 2. The van der Waals surface area contributed by atoms with Crippen LogP contribution >= 0.6 is 0 Å². The van der Waals surface area contributed by atoms with Crippen molar-refractivity contribution in [2.45, 2.75) is 18.0 Å². The van der Waals surface area contributed by atoms with Crippen LogP contribution in [0.15, 0.2) is 47.4 Å². The topological polar surface area (TPSA) is 146 Å². The number of anilines is 2. The number of carboxylic acid groups (broad SMARTS) is 1. The van der Waals surface area contributed by atoms with E-state index in [2.05, 4.69) is 20.3 Å². The molecule has 0 saturated carbocycles. The molecule has 2 aromatic carbocycles. The van der Waals surface area contributed by atoms with Crippen LogP contribution in [0, 0.1) is 0 Å². The molecule has 11 nitrogen and oxygen atoms in total. The van der Waals surface area contributed by atoms with Gasteiger partial charge in [0, 0.05) is 45.4 Å². The third-order valence-corrected chi connectivity index (χ3v) is 6.62. The fraction of sp³-hybridized carbons (Fsp3) is 0.417. The first-order valence-electron chi connectivity index (χ1n) is 11.8. The smallest absolute Gasteiger partial charge is 0.490 e. The number of carbonyl (C=O) groups excluding carboxylic acids is 1. The normalized spacial score (nSPS) is 13.6. The van der Waals surface area contributed by atoms with Crippen molar-refractivity contribution in [3.05, 3.63) is 48.0 Å². The molecule has 1 fully saturated rings. The van der Waals surface area contributed by atoms with E-state index in [1.165, 1.54) is 12.1 Å². The van der Waals surface area contributed by atoms with Gasteiger partial charge in [-0.2, -0.15) is 13.2 Å². The Labute approximate surface area is 224 Å². The number of amides is 1. The summed E-state index contributed by atoms with van der Waals surface area (Å²) in [7, 11) is -2.31. The predicted molar refractivity (Wildman–Crippen MR) is 138 cm³/mol. The average molecular weight is 577 g/mol. The highest BCUT2D eigenvalue weighted by molar-refractivity contribution is 7.92. The van der Waals surface area contributed by atoms with Crippen LogP contribution in [0.3, 0.4) is 0 Å². The molecule has 3 rings (SSSR count). The first kappa shape index (κ1) is 31.7. The van der Waals surface area contributed by atoms with Crippen LogP contribution in [0.5, 0.6) is 5.75 Å². The standard InChI is InChI=1S/C22H30N4O5S.C2HF3O2/c1-3-31-18-5-7-19(8-6-18)32(28,29)25-20-16-17(22(27)24-12-15-30-2)4-9-21(20)26-13-10-23-11-14-26;3-2(4,5)1(6)7/h4-9,16,23,25H,3,10-15H2,1-2H3,(H,24,27);(H,6,7). The number of aliphatic carboxylic acids is 1. The number of methoxy groups -OCH3 is 1. The summed E-state index contributed by atoms with van der Waals surface area (Å²) < 4.78 is 71.0. The Morgan fingerprint density at radius 3 is 2.26 bits per heavy atom. The van der Waals surface area contributed by atoms with Crippen LogP contribution in [0.4, 0.5) is 24.5 Å². The van der Waals surface area contributed by atoms with E-state index in [4.69, 9.17) is 19.4 Å². The number of rotatable bonds is 10. The van der Waals surface area contributed by atoms with Crippen LogP contribution in [-0.2, 0) is 19.6 Å². The summed E-state index contributed by atoms with van der Waals surface area (Å²) in [6.07, 6.45) is -5.08. The summed E-state index contributed by atoms with van der Waals surface area (Å²) >= 11 is 0. The second kappa shape index (κ2) is 14.6. The lowest BCUT2D eigenvalue weighted by Crippen LogP contribution is -2.43. The Balaban J connectivity index is 0.000000673. The molecule has 1 saturated heterocycles. The van der Waals surface area contributed by atoms with Crippen molar-refractivity contribution in [1.82, 2.24) is 10.6 Å². The zero-order chi connectivity index (χ0) is 29.1. The molecule has 39 heavy (non-hydrogen) atoms. The number of benzene rings is 2. The fourth-order valence-electron chi connectivity index (χ4n) is 3.39. The molecule has 0 aliphatic carbocycles. The van der Waals surface area contributed by atoms with Crippen LogP contribution in [0.2, 0.25) is 0 Å². The first-order chi connectivity index (χ1) is 18.4. The van der Waals surface area contributed by atoms with Gasteiger partial charge in [-0.05, 0) is 49.4 Å². The van der Waals surface area contributed by atoms with Gasteiger partial charge in [0.25, 0.3) is 15.9 Å². The minimum absolute atomic E-state index is 0.113. The van der Waals surface area contributed by atoms with Gasteiger partial charge in [-0.25, -0.2) is 13.2 Å². The average Bonchev–Trinajstić information content (AvgIpc) is 2.89. The second-order valence-corrected chi connectivity index (χ2v) is 9.71. The summed E-state index contributed by atoms with van der Waals surface area (Å²) in [5.41, 5.74) is 1.46. The van der Waals surface area contributed by atoms with Crippen molar-refractivity contribution in [3.8, 4) is 5.75 Å². The number of carbonyl (C=O) groups is 2. The van der Waals surface area contributed by atoms with Gasteiger partial charge < -0.3 is 30.1 Å². The third-order valence-electron chi connectivity index (χ3n) is 5.24. The number of hydrogen-bond donors (Lipinski definition) is 4. The number of piperazine rings is 1. The third kappa shape index (κ3) is 9.92. The number of carboxylic acids is 1. The zero-order valence-corrected chi connectivity index (χ0v) is 22.2. The minimum atomic E-state index is -5.08. The molecule has 2 aromatic rings. The molecule has 0 aromatic heterocycles. The van der Waals surface area contributed by atoms with Crippen molar-refractivity contribution in [2.24, 2.45) is 0 Å². The Morgan fingerprint density at radius 1 is 1.10 bits per heavy atom. The molecule has 1 aliphatic rings. The van der Waals surface area contributed by atoms with Crippen LogP contribution in [0.1, 0.15) is 17.3 Å². The van der Waals surface area contributed by atoms with E-state index in [0.29, 0.717) is 36.8 Å². The molecule has 1 heterocycles.